The monoisotopic (exact) mass is 243 g/mol. The molecule has 0 aromatic carbocycles. The van der Waals surface area contributed by atoms with Gasteiger partial charge in [-0.05, 0) is 35.7 Å². The molecule has 4 heteroatoms. The number of hydrogen-bond donors (Lipinski definition) is 3. The lowest BCUT2D eigenvalue weighted by molar-refractivity contribution is 0.0678. The highest BCUT2D eigenvalue weighted by molar-refractivity contribution is 7.07. The summed E-state index contributed by atoms with van der Waals surface area (Å²) in [7, 11) is 0. The van der Waals surface area contributed by atoms with E-state index < -0.39 is 5.41 Å². The molecule has 1 aromatic rings. The molecular weight excluding hydrogens is 222 g/mol. The van der Waals surface area contributed by atoms with Crippen LogP contribution in [0.2, 0.25) is 0 Å². The Morgan fingerprint density at radius 1 is 1.44 bits per heavy atom. The minimum atomic E-state index is -0.428. The van der Waals surface area contributed by atoms with Crippen molar-refractivity contribution in [3.63, 3.8) is 0 Å². The van der Waals surface area contributed by atoms with Gasteiger partial charge in [0.15, 0.2) is 0 Å². The smallest absolute Gasteiger partial charge is 0.0518 e. The van der Waals surface area contributed by atoms with Gasteiger partial charge in [-0.2, -0.15) is 11.3 Å². The Hall–Kier alpha value is -0.420. The molecule has 0 radical (unpaired) electrons. The molecule has 3 nitrogen and oxygen atoms in total. The molecule has 1 aromatic heterocycles. The van der Waals surface area contributed by atoms with Gasteiger partial charge in [0.1, 0.15) is 0 Å². The van der Waals surface area contributed by atoms with Crippen molar-refractivity contribution in [2.24, 2.45) is 5.41 Å². The van der Waals surface area contributed by atoms with E-state index in [-0.39, 0.29) is 13.2 Å². The minimum Gasteiger partial charge on any atom is -0.396 e. The van der Waals surface area contributed by atoms with Crippen LogP contribution < -0.4 is 5.32 Å². The summed E-state index contributed by atoms with van der Waals surface area (Å²) in [5.41, 5.74) is 0.905. The Kier molecular flexibility index (Phi) is 5.41. The van der Waals surface area contributed by atoms with Crippen molar-refractivity contribution < 1.29 is 10.2 Å². The van der Waals surface area contributed by atoms with E-state index in [4.69, 9.17) is 10.2 Å². The van der Waals surface area contributed by atoms with Gasteiger partial charge in [-0.25, -0.2) is 0 Å². The van der Waals surface area contributed by atoms with Crippen molar-refractivity contribution in [1.82, 2.24) is 5.32 Å². The van der Waals surface area contributed by atoms with Gasteiger partial charge in [-0.1, -0.05) is 6.92 Å². The van der Waals surface area contributed by atoms with Crippen molar-refractivity contribution >= 4 is 11.3 Å². The highest BCUT2D eigenvalue weighted by Gasteiger charge is 2.22. The van der Waals surface area contributed by atoms with E-state index in [0.717, 1.165) is 6.42 Å². The zero-order valence-corrected chi connectivity index (χ0v) is 10.8. The van der Waals surface area contributed by atoms with Crippen molar-refractivity contribution in [3.05, 3.63) is 22.4 Å². The van der Waals surface area contributed by atoms with Gasteiger partial charge in [0.25, 0.3) is 0 Å². The molecule has 0 fully saturated rings. The van der Waals surface area contributed by atoms with E-state index in [1.54, 1.807) is 11.3 Å². The molecule has 0 spiro atoms. The maximum absolute atomic E-state index is 9.16. The summed E-state index contributed by atoms with van der Waals surface area (Å²) in [5, 5.41) is 25.9. The minimum absolute atomic E-state index is 0.00166. The van der Waals surface area contributed by atoms with Crippen molar-refractivity contribution in [2.75, 3.05) is 19.8 Å². The maximum Gasteiger partial charge on any atom is 0.0518 e. The predicted octanol–water partition coefficient (Wildman–Crippen LogP) is 1.26. The van der Waals surface area contributed by atoms with Crippen LogP contribution in [0.25, 0.3) is 0 Å². The van der Waals surface area contributed by atoms with Gasteiger partial charge >= 0.3 is 0 Å². The topological polar surface area (TPSA) is 52.5 Å². The van der Waals surface area contributed by atoms with E-state index in [0.29, 0.717) is 12.6 Å². The molecule has 16 heavy (non-hydrogen) atoms. The maximum atomic E-state index is 9.16. The molecular formula is C12H21NO2S. The molecule has 0 aliphatic rings. The third-order valence-corrected chi connectivity index (χ3v) is 3.49. The van der Waals surface area contributed by atoms with Gasteiger partial charge < -0.3 is 15.5 Å². The Labute approximate surface area is 101 Å². The number of rotatable bonds is 7. The fourth-order valence-electron chi connectivity index (χ4n) is 1.42. The van der Waals surface area contributed by atoms with E-state index in [1.165, 1.54) is 5.56 Å². The normalized spacial score (nSPS) is 14.0. The lowest BCUT2D eigenvalue weighted by Gasteiger charge is -2.27. The van der Waals surface area contributed by atoms with E-state index in [1.807, 2.05) is 6.92 Å². The number of hydrogen-bond acceptors (Lipinski definition) is 4. The Morgan fingerprint density at radius 3 is 2.62 bits per heavy atom. The Balaban J connectivity index is 2.32. The van der Waals surface area contributed by atoms with Gasteiger partial charge in [-0.3, -0.25) is 0 Å². The molecule has 0 bridgehead atoms. The molecule has 0 aliphatic carbocycles. The largest absolute Gasteiger partial charge is 0.396 e. The summed E-state index contributed by atoms with van der Waals surface area (Å²) in [6.07, 6.45) is 0.983. The fourth-order valence-corrected chi connectivity index (χ4v) is 2.10. The van der Waals surface area contributed by atoms with Crippen LogP contribution in [0.3, 0.4) is 0 Å². The lowest BCUT2D eigenvalue weighted by atomic mass is 9.92. The summed E-state index contributed by atoms with van der Waals surface area (Å²) in [5.74, 6) is 0. The quantitative estimate of drug-likeness (QED) is 0.676. The first-order valence-corrected chi connectivity index (χ1v) is 6.50. The van der Waals surface area contributed by atoms with Crippen LogP contribution in [0, 0.1) is 5.41 Å². The van der Waals surface area contributed by atoms with Crippen LogP contribution in [0.1, 0.15) is 19.4 Å². The zero-order valence-electron chi connectivity index (χ0n) is 9.94. The number of aliphatic hydroxyl groups is 2. The van der Waals surface area contributed by atoms with E-state index in [2.05, 4.69) is 29.1 Å². The molecule has 0 aliphatic heterocycles. The van der Waals surface area contributed by atoms with Crippen LogP contribution in [0.15, 0.2) is 16.8 Å². The molecule has 1 unspecified atom stereocenters. The fraction of sp³-hybridized carbons (Fsp3) is 0.667. The Morgan fingerprint density at radius 2 is 2.12 bits per heavy atom. The number of aliphatic hydroxyl groups excluding tert-OH is 2. The van der Waals surface area contributed by atoms with Crippen molar-refractivity contribution in [3.8, 4) is 0 Å². The average Bonchev–Trinajstić information content (AvgIpc) is 2.79. The molecule has 1 heterocycles. The van der Waals surface area contributed by atoms with Gasteiger partial charge in [0.05, 0.1) is 13.2 Å². The zero-order chi connectivity index (χ0) is 12.0. The second-order valence-corrected chi connectivity index (χ2v) is 5.52. The average molecular weight is 243 g/mol. The third kappa shape index (κ3) is 4.22. The van der Waals surface area contributed by atoms with Gasteiger partial charge in [-0.15, -0.1) is 0 Å². The molecule has 92 valence electrons. The van der Waals surface area contributed by atoms with E-state index >= 15 is 0 Å². The molecule has 0 amide bonds. The van der Waals surface area contributed by atoms with Gasteiger partial charge in [0, 0.05) is 18.0 Å². The molecule has 1 rings (SSSR count). The highest BCUT2D eigenvalue weighted by Crippen LogP contribution is 2.13. The predicted molar refractivity (Wildman–Crippen MR) is 67.8 cm³/mol. The van der Waals surface area contributed by atoms with Crippen LogP contribution in [0.4, 0.5) is 0 Å². The highest BCUT2D eigenvalue weighted by atomic mass is 32.1. The van der Waals surface area contributed by atoms with Crippen molar-refractivity contribution in [1.29, 1.82) is 0 Å². The number of thiophene rings is 1. The van der Waals surface area contributed by atoms with Crippen LogP contribution in [0.5, 0.6) is 0 Å². The summed E-state index contributed by atoms with van der Waals surface area (Å²) in [6, 6.07) is 2.48. The molecule has 1 atom stereocenters. The van der Waals surface area contributed by atoms with E-state index in [9.17, 15) is 0 Å². The SMILES string of the molecule is CC(Cc1ccsc1)NCC(C)(CO)CO. The molecule has 0 saturated heterocycles. The summed E-state index contributed by atoms with van der Waals surface area (Å²) >= 11 is 1.71. The van der Waals surface area contributed by atoms with Crippen molar-refractivity contribution in [2.45, 2.75) is 26.3 Å². The number of nitrogens with one attached hydrogen (secondary N) is 1. The first-order chi connectivity index (χ1) is 7.59. The standard InChI is InChI=1S/C12H21NO2S/c1-10(5-11-3-4-16-6-11)13-7-12(2,8-14)9-15/h3-4,6,10,13-15H,5,7-9H2,1-2H3. The second-order valence-electron chi connectivity index (χ2n) is 4.74. The first kappa shape index (κ1) is 13.6. The summed E-state index contributed by atoms with van der Waals surface area (Å²) in [6.45, 7) is 4.62. The lowest BCUT2D eigenvalue weighted by Crippen LogP contribution is -2.42. The van der Waals surface area contributed by atoms with Gasteiger partial charge in [0.2, 0.25) is 0 Å². The molecule has 3 N–H and O–H groups in total. The molecule has 0 saturated carbocycles. The summed E-state index contributed by atoms with van der Waals surface area (Å²) < 4.78 is 0. The third-order valence-electron chi connectivity index (χ3n) is 2.76. The van der Waals surface area contributed by atoms with Crippen LogP contribution in [-0.4, -0.2) is 36.0 Å². The second kappa shape index (κ2) is 6.35. The summed E-state index contributed by atoms with van der Waals surface area (Å²) in [4.78, 5) is 0. The Bertz CT molecular complexity index is 283. The van der Waals surface area contributed by atoms with Crippen LogP contribution >= 0.6 is 11.3 Å². The first-order valence-electron chi connectivity index (χ1n) is 5.56. The van der Waals surface area contributed by atoms with Crippen LogP contribution in [-0.2, 0) is 6.42 Å².